The van der Waals surface area contributed by atoms with E-state index in [1.54, 1.807) is 30.3 Å². The van der Waals surface area contributed by atoms with Crippen LogP contribution in [0.5, 0.6) is 0 Å². The first kappa shape index (κ1) is 19.9. The number of anilines is 1. The first-order chi connectivity index (χ1) is 14.5. The smallest absolute Gasteiger partial charge is 0.258 e. The van der Waals surface area contributed by atoms with Gasteiger partial charge in [0.25, 0.3) is 5.91 Å². The van der Waals surface area contributed by atoms with Crippen molar-refractivity contribution >= 4 is 28.6 Å². The highest BCUT2D eigenvalue weighted by atomic mass is 16.2. The van der Waals surface area contributed by atoms with Gasteiger partial charge in [-0.05, 0) is 75.8 Å². The van der Waals surface area contributed by atoms with Crippen molar-refractivity contribution in [3.8, 4) is 6.07 Å². The van der Waals surface area contributed by atoms with Gasteiger partial charge in [-0.2, -0.15) is 5.26 Å². The highest BCUT2D eigenvalue weighted by Gasteiger charge is 2.30. The van der Waals surface area contributed by atoms with Gasteiger partial charge in [0.1, 0.15) is 0 Å². The van der Waals surface area contributed by atoms with Gasteiger partial charge in [-0.15, -0.1) is 0 Å². The molecule has 6 heteroatoms. The Kier molecular flexibility index (Phi) is 5.39. The molecule has 0 radical (unpaired) electrons. The van der Waals surface area contributed by atoms with E-state index >= 15 is 0 Å². The summed E-state index contributed by atoms with van der Waals surface area (Å²) in [6.07, 6.45) is 1.96. The van der Waals surface area contributed by atoms with Crippen LogP contribution in [0, 0.1) is 11.3 Å². The lowest BCUT2D eigenvalue weighted by Gasteiger charge is -2.31. The molecule has 2 heterocycles. The summed E-state index contributed by atoms with van der Waals surface area (Å²) in [5.74, 6) is -0.231. The van der Waals surface area contributed by atoms with Crippen LogP contribution in [-0.2, 0) is 4.79 Å². The molecule has 2 aromatic carbocycles. The van der Waals surface area contributed by atoms with Gasteiger partial charge in [0, 0.05) is 22.9 Å². The standard InChI is InChI=1S/C24H24N4O2/c1-15(29)18-7-8-21-20(13-18)22(24(30)27-21)23(17-5-3-16(14-25)4-6-17)26-19-9-11-28(2)12-10-19/h3-8,13,19,26H,9-12H2,1-2H3,(H,27,30)/b23-22-. The predicted octanol–water partition coefficient (Wildman–Crippen LogP) is 3.27. The normalized spacial score (nSPS) is 18.4. The second-order valence-electron chi connectivity index (χ2n) is 7.93. The predicted molar refractivity (Wildman–Crippen MR) is 117 cm³/mol. The molecule has 0 aliphatic carbocycles. The van der Waals surface area contributed by atoms with E-state index in [9.17, 15) is 9.59 Å². The van der Waals surface area contributed by atoms with E-state index in [0.29, 0.717) is 22.4 Å². The SMILES string of the molecule is CC(=O)c1ccc2c(c1)/C(=C(/NC1CCN(C)CC1)c1ccc(C#N)cc1)C(=O)N2. The number of likely N-dealkylation sites (tertiary alicyclic amines) is 1. The number of rotatable bonds is 4. The number of fused-ring (bicyclic) bond motifs is 1. The molecule has 0 saturated carbocycles. The maximum absolute atomic E-state index is 13.0. The van der Waals surface area contributed by atoms with Crippen LogP contribution < -0.4 is 10.6 Å². The summed E-state index contributed by atoms with van der Waals surface area (Å²) in [6.45, 7) is 3.50. The molecular weight excluding hydrogens is 376 g/mol. The Morgan fingerprint density at radius 3 is 2.43 bits per heavy atom. The monoisotopic (exact) mass is 400 g/mol. The van der Waals surface area contributed by atoms with Crippen LogP contribution in [-0.4, -0.2) is 42.8 Å². The van der Waals surface area contributed by atoms with Gasteiger partial charge in [-0.1, -0.05) is 12.1 Å². The third-order valence-electron chi connectivity index (χ3n) is 5.79. The average Bonchev–Trinajstić information content (AvgIpc) is 3.08. The summed E-state index contributed by atoms with van der Waals surface area (Å²) in [7, 11) is 2.11. The van der Waals surface area contributed by atoms with Crippen molar-refractivity contribution in [2.45, 2.75) is 25.8 Å². The molecule has 1 amide bonds. The highest BCUT2D eigenvalue weighted by molar-refractivity contribution is 6.36. The zero-order chi connectivity index (χ0) is 21.3. The summed E-state index contributed by atoms with van der Waals surface area (Å²) in [4.78, 5) is 27.2. The largest absolute Gasteiger partial charge is 0.381 e. The lowest BCUT2D eigenvalue weighted by molar-refractivity contribution is -0.110. The van der Waals surface area contributed by atoms with Gasteiger partial charge in [0.05, 0.1) is 22.9 Å². The van der Waals surface area contributed by atoms with Gasteiger partial charge in [-0.3, -0.25) is 9.59 Å². The maximum atomic E-state index is 13.0. The Bertz CT molecular complexity index is 1070. The molecule has 0 spiro atoms. The van der Waals surface area contributed by atoms with Crippen molar-refractivity contribution in [1.29, 1.82) is 5.26 Å². The lowest BCUT2D eigenvalue weighted by atomic mass is 9.96. The van der Waals surface area contributed by atoms with Crippen LogP contribution >= 0.6 is 0 Å². The minimum absolute atomic E-state index is 0.0419. The number of nitrogens with zero attached hydrogens (tertiary/aromatic N) is 2. The van der Waals surface area contributed by atoms with Crippen molar-refractivity contribution in [1.82, 2.24) is 10.2 Å². The maximum Gasteiger partial charge on any atom is 0.258 e. The number of carbonyl (C=O) groups is 2. The number of hydrogen-bond acceptors (Lipinski definition) is 5. The van der Waals surface area contributed by atoms with Gasteiger partial charge in [-0.25, -0.2) is 0 Å². The molecule has 1 fully saturated rings. The van der Waals surface area contributed by atoms with Gasteiger partial charge >= 0.3 is 0 Å². The first-order valence-corrected chi connectivity index (χ1v) is 10.1. The molecule has 2 N–H and O–H groups in total. The number of carbonyl (C=O) groups excluding carboxylic acids is 2. The quantitative estimate of drug-likeness (QED) is 0.608. The van der Waals surface area contributed by atoms with Crippen molar-refractivity contribution in [2.24, 2.45) is 0 Å². The van der Waals surface area contributed by atoms with E-state index in [-0.39, 0.29) is 17.7 Å². The summed E-state index contributed by atoms with van der Waals surface area (Å²) in [6, 6.07) is 14.9. The Hall–Kier alpha value is -3.43. The van der Waals surface area contributed by atoms with Crippen LogP contribution in [0.4, 0.5) is 5.69 Å². The third-order valence-corrected chi connectivity index (χ3v) is 5.79. The van der Waals surface area contributed by atoms with Crippen LogP contribution in [0.25, 0.3) is 11.3 Å². The Balaban J connectivity index is 1.83. The van der Waals surface area contributed by atoms with E-state index in [4.69, 9.17) is 5.26 Å². The van der Waals surface area contributed by atoms with Crippen molar-refractivity contribution < 1.29 is 9.59 Å². The second-order valence-corrected chi connectivity index (χ2v) is 7.93. The highest BCUT2D eigenvalue weighted by Crippen LogP contribution is 2.37. The summed E-state index contributed by atoms with van der Waals surface area (Å²) in [5, 5.41) is 15.7. The first-order valence-electron chi connectivity index (χ1n) is 10.1. The minimum atomic E-state index is -0.189. The number of nitrogens with one attached hydrogen (secondary N) is 2. The fraction of sp³-hybridized carbons (Fsp3) is 0.292. The molecule has 2 aromatic rings. The molecule has 0 unspecified atom stereocenters. The molecule has 6 nitrogen and oxygen atoms in total. The number of piperidine rings is 1. The fourth-order valence-electron chi connectivity index (χ4n) is 4.00. The number of nitriles is 1. The summed E-state index contributed by atoms with van der Waals surface area (Å²) in [5.41, 5.74) is 4.70. The second kappa shape index (κ2) is 8.13. The number of Topliss-reactive ketones (excluding diaryl/α,β-unsaturated/α-hetero) is 1. The number of benzene rings is 2. The zero-order valence-electron chi connectivity index (χ0n) is 17.2. The summed E-state index contributed by atoms with van der Waals surface area (Å²) < 4.78 is 0. The van der Waals surface area contributed by atoms with E-state index in [0.717, 1.165) is 42.8 Å². The number of ketones is 1. The Morgan fingerprint density at radius 2 is 1.80 bits per heavy atom. The third kappa shape index (κ3) is 3.85. The van der Waals surface area contributed by atoms with Crippen LogP contribution in [0.15, 0.2) is 42.5 Å². The van der Waals surface area contributed by atoms with Crippen LogP contribution in [0.2, 0.25) is 0 Å². The topological polar surface area (TPSA) is 85.2 Å². The molecular formula is C24H24N4O2. The van der Waals surface area contributed by atoms with Crippen LogP contribution in [0.1, 0.15) is 46.8 Å². The van der Waals surface area contributed by atoms with E-state index in [1.807, 2.05) is 12.1 Å². The Morgan fingerprint density at radius 1 is 1.13 bits per heavy atom. The molecule has 0 atom stereocenters. The molecule has 152 valence electrons. The van der Waals surface area contributed by atoms with Crippen LogP contribution in [0.3, 0.4) is 0 Å². The van der Waals surface area contributed by atoms with Gasteiger partial charge < -0.3 is 15.5 Å². The number of amides is 1. The fourth-order valence-corrected chi connectivity index (χ4v) is 4.00. The average molecular weight is 400 g/mol. The van der Waals surface area contributed by atoms with E-state index in [2.05, 4.69) is 28.7 Å². The van der Waals surface area contributed by atoms with E-state index < -0.39 is 0 Å². The lowest BCUT2D eigenvalue weighted by Crippen LogP contribution is -2.40. The molecule has 1 saturated heterocycles. The van der Waals surface area contributed by atoms with E-state index in [1.165, 1.54) is 6.92 Å². The van der Waals surface area contributed by atoms with Crippen molar-refractivity contribution in [3.05, 3.63) is 64.7 Å². The molecule has 0 aromatic heterocycles. The Labute approximate surface area is 176 Å². The molecule has 2 aliphatic rings. The molecule has 0 bridgehead atoms. The van der Waals surface area contributed by atoms with Gasteiger partial charge in [0.15, 0.2) is 5.78 Å². The molecule has 2 aliphatic heterocycles. The van der Waals surface area contributed by atoms with Crippen molar-refractivity contribution in [3.63, 3.8) is 0 Å². The number of hydrogen-bond donors (Lipinski definition) is 2. The minimum Gasteiger partial charge on any atom is -0.381 e. The zero-order valence-corrected chi connectivity index (χ0v) is 17.2. The van der Waals surface area contributed by atoms with Gasteiger partial charge in [0.2, 0.25) is 0 Å². The van der Waals surface area contributed by atoms with Crippen molar-refractivity contribution in [2.75, 3.05) is 25.5 Å². The molecule has 4 rings (SSSR count). The molecule has 30 heavy (non-hydrogen) atoms. The summed E-state index contributed by atoms with van der Waals surface area (Å²) >= 11 is 0.